The van der Waals surface area contributed by atoms with Gasteiger partial charge in [-0.1, -0.05) is 58.4 Å². The first kappa shape index (κ1) is 17.8. The van der Waals surface area contributed by atoms with Gasteiger partial charge in [-0.2, -0.15) is 0 Å². The molecule has 3 aromatic carbocycles. The minimum atomic E-state index is 0.0365. The number of halogens is 1. The van der Waals surface area contributed by atoms with E-state index in [1.165, 1.54) is 0 Å². The van der Waals surface area contributed by atoms with Gasteiger partial charge >= 0.3 is 0 Å². The first-order valence-electron chi connectivity index (χ1n) is 9.13. The Labute approximate surface area is 168 Å². The van der Waals surface area contributed by atoms with Crippen molar-refractivity contribution in [2.45, 2.75) is 25.4 Å². The van der Waals surface area contributed by atoms with Crippen LogP contribution in [0.4, 0.5) is 11.4 Å². The maximum Gasteiger partial charge on any atom is 0.258 e. The molecule has 136 valence electrons. The van der Waals surface area contributed by atoms with Crippen molar-refractivity contribution in [3.8, 4) is 0 Å². The van der Waals surface area contributed by atoms with Crippen molar-refractivity contribution < 1.29 is 4.79 Å². The summed E-state index contributed by atoms with van der Waals surface area (Å²) in [5, 5.41) is 3.63. The summed E-state index contributed by atoms with van der Waals surface area (Å²) in [5.74, 6) is 0.0365. The molecule has 0 aliphatic carbocycles. The highest BCUT2D eigenvalue weighted by atomic mass is 79.9. The van der Waals surface area contributed by atoms with Gasteiger partial charge in [0.05, 0.1) is 6.04 Å². The van der Waals surface area contributed by atoms with Crippen molar-refractivity contribution in [1.29, 1.82) is 0 Å². The SMILES string of the molecule is CC1CC(Nc2ccccc2)c2ccccc2N1C(=O)c1cccc(Br)c1. The summed E-state index contributed by atoms with van der Waals surface area (Å²) in [6.45, 7) is 2.12. The summed E-state index contributed by atoms with van der Waals surface area (Å²) in [6, 6.07) is 26.3. The summed E-state index contributed by atoms with van der Waals surface area (Å²) in [5.41, 5.74) is 3.93. The van der Waals surface area contributed by atoms with Crippen LogP contribution in [0.3, 0.4) is 0 Å². The predicted octanol–water partition coefficient (Wildman–Crippen LogP) is 6.04. The van der Waals surface area contributed by atoms with Crippen LogP contribution in [-0.4, -0.2) is 11.9 Å². The van der Waals surface area contributed by atoms with Gasteiger partial charge in [0.1, 0.15) is 0 Å². The van der Waals surface area contributed by atoms with Crippen LogP contribution in [0, 0.1) is 0 Å². The van der Waals surface area contributed by atoms with Crippen LogP contribution in [0.15, 0.2) is 83.3 Å². The topological polar surface area (TPSA) is 32.3 Å². The molecule has 1 heterocycles. The molecule has 1 N–H and O–H groups in total. The highest BCUT2D eigenvalue weighted by Crippen LogP contribution is 2.39. The summed E-state index contributed by atoms with van der Waals surface area (Å²) in [6.07, 6.45) is 0.853. The Balaban J connectivity index is 1.70. The Kier molecular flexibility index (Phi) is 4.99. The monoisotopic (exact) mass is 420 g/mol. The van der Waals surface area contributed by atoms with Crippen molar-refractivity contribution in [2.24, 2.45) is 0 Å². The number of benzene rings is 3. The molecule has 3 aromatic rings. The number of nitrogens with one attached hydrogen (secondary N) is 1. The van der Waals surface area contributed by atoms with Crippen LogP contribution in [0.2, 0.25) is 0 Å². The van der Waals surface area contributed by atoms with Crippen LogP contribution in [0.1, 0.15) is 35.3 Å². The molecule has 3 nitrogen and oxygen atoms in total. The molecule has 0 bridgehead atoms. The Hall–Kier alpha value is -2.59. The number of anilines is 2. The number of carbonyl (C=O) groups is 1. The van der Waals surface area contributed by atoms with Crippen molar-refractivity contribution in [3.05, 3.63) is 94.5 Å². The maximum atomic E-state index is 13.3. The molecule has 0 fully saturated rings. The van der Waals surface area contributed by atoms with E-state index in [9.17, 15) is 4.79 Å². The summed E-state index contributed by atoms with van der Waals surface area (Å²) in [4.78, 5) is 15.2. The zero-order valence-corrected chi connectivity index (χ0v) is 16.7. The molecule has 1 aliphatic rings. The molecule has 2 atom stereocenters. The number of rotatable bonds is 3. The molecule has 0 saturated heterocycles. The lowest BCUT2D eigenvalue weighted by Gasteiger charge is -2.40. The van der Waals surface area contributed by atoms with E-state index in [1.54, 1.807) is 0 Å². The third-order valence-electron chi connectivity index (χ3n) is 4.99. The van der Waals surface area contributed by atoms with Gasteiger partial charge < -0.3 is 10.2 Å². The molecule has 0 saturated carbocycles. The molecule has 4 rings (SSSR count). The molecular weight excluding hydrogens is 400 g/mol. The Morgan fingerprint density at radius 2 is 1.74 bits per heavy atom. The highest BCUT2D eigenvalue weighted by molar-refractivity contribution is 9.10. The molecule has 0 radical (unpaired) electrons. The number of hydrogen-bond donors (Lipinski definition) is 1. The lowest BCUT2D eigenvalue weighted by Crippen LogP contribution is -2.44. The number of amides is 1. The first-order valence-corrected chi connectivity index (χ1v) is 9.92. The van der Waals surface area contributed by atoms with Gasteiger partial charge in [-0.3, -0.25) is 4.79 Å². The minimum Gasteiger partial charge on any atom is -0.378 e. The van der Waals surface area contributed by atoms with Crippen LogP contribution in [0.25, 0.3) is 0 Å². The van der Waals surface area contributed by atoms with Crippen molar-refractivity contribution in [3.63, 3.8) is 0 Å². The fourth-order valence-electron chi connectivity index (χ4n) is 3.75. The van der Waals surface area contributed by atoms with Gasteiger partial charge in [0.15, 0.2) is 0 Å². The molecule has 2 unspecified atom stereocenters. The second-order valence-electron chi connectivity index (χ2n) is 6.89. The van der Waals surface area contributed by atoms with Crippen LogP contribution < -0.4 is 10.2 Å². The zero-order chi connectivity index (χ0) is 18.8. The Morgan fingerprint density at radius 1 is 1.00 bits per heavy atom. The Morgan fingerprint density at radius 3 is 2.52 bits per heavy atom. The predicted molar refractivity (Wildman–Crippen MR) is 114 cm³/mol. The van der Waals surface area contributed by atoms with E-state index < -0.39 is 0 Å². The second kappa shape index (κ2) is 7.57. The number of carbonyl (C=O) groups excluding carboxylic acids is 1. The van der Waals surface area contributed by atoms with E-state index >= 15 is 0 Å². The van der Waals surface area contributed by atoms with E-state index in [0.29, 0.717) is 5.56 Å². The normalized spacial score (nSPS) is 18.7. The molecule has 1 amide bonds. The minimum absolute atomic E-state index is 0.0365. The fraction of sp³-hybridized carbons (Fsp3) is 0.174. The zero-order valence-electron chi connectivity index (χ0n) is 15.1. The number of hydrogen-bond acceptors (Lipinski definition) is 2. The van der Waals surface area contributed by atoms with Crippen LogP contribution >= 0.6 is 15.9 Å². The average molecular weight is 421 g/mol. The summed E-state index contributed by atoms with van der Waals surface area (Å²) >= 11 is 3.47. The van der Waals surface area contributed by atoms with Gasteiger partial charge in [-0.05, 0) is 55.3 Å². The third-order valence-corrected chi connectivity index (χ3v) is 5.49. The maximum absolute atomic E-state index is 13.3. The fourth-order valence-corrected chi connectivity index (χ4v) is 4.15. The standard InChI is InChI=1S/C23H21BrN2O/c1-16-14-21(25-19-10-3-2-4-11-19)20-12-5-6-13-22(20)26(16)23(27)17-8-7-9-18(24)15-17/h2-13,15-16,21,25H,14H2,1H3. The van der Waals surface area contributed by atoms with Crippen molar-refractivity contribution in [2.75, 3.05) is 10.2 Å². The molecule has 27 heavy (non-hydrogen) atoms. The summed E-state index contributed by atoms with van der Waals surface area (Å²) < 4.78 is 0.912. The van der Waals surface area contributed by atoms with E-state index in [-0.39, 0.29) is 18.0 Å². The quantitative estimate of drug-likeness (QED) is 0.559. The number of fused-ring (bicyclic) bond motifs is 1. The van der Waals surface area contributed by atoms with Crippen LogP contribution in [0.5, 0.6) is 0 Å². The molecule has 4 heteroatoms. The smallest absolute Gasteiger partial charge is 0.258 e. The second-order valence-corrected chi connectivity index (χ2v) is 7.81. The van der Waals surface area contributed by atoms with E-state index in [2.05, 4.69) is 46.4 Å². The Bertz CT molecular complexity index is 957. The lowest BCUT2D eigenvalue weighted by molar-refractivity contribution is 0.0974. The largest absolute Gasteiger partial charge is 0.378 e. The van der Waals surface area contributed by atoms with Crippen molar-refractivity contribution >= 4 is 33.2 Å². The highest BCUT2D eigenvalue weighted by Gasteiger charge is 2.34. The van der Waals surface area contributed by atoms with Crippen molar-refractivity contribution in [1.82, 2.24) is 0 Å². The summed E-state index contributed by atoms with van der Waals surface area (Å²) in [7, 11) is 0. The van der Waals surface area contributed by atoms with Gasteiger partial charge in [0.25, 0.3) is 5.91 Å². The number of nitrogens with zero attached hydrogens (tertiary/aromatic N) is 1. The van der Waals surface area contributed by atoms with Crippen LogP contribution in [-0.2, 0) is 0 Å². The average Bonchev–Trinajstić information content (AvgIpc) is 2.68. The van der Waals surface area contributed by atoms with Gasteiger partial charge in [0, 0.05) is 27.5 Å². The molecule has 0 aromatic heterocycles. The molecular formula is C23H21BrN2O. The van der Waals surface area contributed by atoms with Gasteiger partial charge in [-0.25, -0.2) is 0 Å². The first-order chi connectivity index (χ1) is 13.1. The lowest BCUT2D eigenvalue weighted by atomic mass is 9.90. The molecule has 0 spiro atoms. The van der Waals surface area contributed by atoms with E-state index in [1.807, 2.05) is 65.6 Å². The number of para-hydroxylation sites is 2. The van der Waals surface area contributed by atoms with Gasteiger partial charge in [0.2, 0.25) is 0 Å². The van der Waals surface area contributed by atoms with E-state index in [4.69, 9.17) is 0 Å². The molecule has 1 aliphatic heterocycles. The van der Waals surface area contributed by atoms with E-state index in [0.717, 1.165) is 27.8 Å². The third kappa shape index (κ3) is 3.62. The van der Waals surface area contributed by atoms with Gasteiger partial charge in [-0.15, -0.1) is 0 Å².